The van der Waals surface area contributed by atoms with E-state index in [-0.39, 0.29) is 23.3 Å². The minimum Gasteiger partial charge on any atom is -0.356 e. The number of hydrogen-bond acceptors (Lipinski definition) is 8. The van der Waals surface area contributed by atoms with Gasteiger partial charge in [-0.15, -0.1) is 10.2 Å². The van der Waals surface area contributed by atoms with Crippen LogP contribution < -0.4 is 10.6 Å². The number of hydrogen-bond donors (Lipinski definition) is 2. The molecule has 0 aliphatic heterocycles. The molecule has 1 heterocycles. The van der Waals surface area contributed by atoms with Crippen LogP contribution in [0.5, 0.6) is 0 Å². The maximum Gasteiger partial charge on any atom is 0.241 e. The number of amides is 2. The Morgan fingerprint density at radius 1 is 1.32 bits per heavy atom. The Morgan fingerprint density at radius 2 is 2.00 bits per heavy atom. The van der Waals surface area contributed by atoms with Gasteiger partial charge in [0.2, 0.25) is 27.0 Å². The summed E-state index contributed by atoms with van der Waals surface area (Å²) < 4.78 is 23.9. The number of rotatable bonds is 8. The number of carbonyl (C=O) groups is 2. The lowest BCUT2D eigenvalue weighted by Gasteiger charge is -2.12. The Hall–Kier alpha value is -1.24. The van der Waals surface area contributed by atoms with Crippen LogP contribution in [0.2, 0.25) is 0 Å². The van der Waals surface area contributed by atoms with Gasteiger partial charge in [0.15, 0.2) is 4.34 Å². The first kappa shape index (κ1) is 18.8. The van der Waals surface area contributed by atoms with Crippen molar-refractivity contribution in [3.05, 3.63) is 0 Å². The number of nitrogens with zero attached hydrogens (tertiary/aromatic N) is 3. The van der Waals surface area contributed by atoms with Crippen LogP contribution in [0.4, 0.5) is 5.13 Å². The van der Waals surface area contributed by atoms with Crippen LogP contribution in [-0.2, 0) is 19.6 Å². The van der Waals surface area contributed by atoms with Crippen LogP contribution in [0.15, 0.2) is 4.34 Å². The van der Waals surface area contributed by atoms with Gasteiger partial charge in [-0.1, -0.05) is 23.1 Å². The number of sulfonamides is 1. The summed E-state index contributed by atoms with van der Waals surface area (Å²) in [6.07, 6.45) is 1.02. The number of nitrogens with one attached hydrogen (secondary N) is 2. The zero-order valence-corrected chi connectivity index (χ0v) is 14.8. The van der Waals surface area contributed by atoms with Crippen LogP contribution in [0, 0.1) is 0 Å². The third-order valence-electron chi connectivity index (χ3n) is 2.29. The molecule has 22 heavy (non-hydrogen) atoms. The van der Waals surface area contributed by atoms with Crippen molar-refractivity contribution in [1.82, 2.24) is 19.8 Å². The SMILES string of the molecule is CCNC(=O)CSc1nnc(NC(=O)CN(C)S(C)(=O)=O)s1. The molecule has 9 nitrogen and oxygen atoms in total. The van der Waals surface area contributed by atoms with Gasteiger partial charge in [-0.05, 0) is 6.92 Å². The molecule has 124 valence electrons. The second-order valence-corrected chi connectivity index (χ2v) is 8.47. The van der Waals surface area contributed by atoms with Gasteiger partial charge in [-0.25, -0.2) is 8.42 Å². The molecule has 1 rings (SSSR count). The fourth-order valence-electron chi connectivity index (χ4n) is 1.17. The van der Waals surface area contributed by atoms with Crippen molar-refractivity contribution in [2.24, 2.45) is 0 Å². The topological polar surface area (TPSA) is 121 Å². The summed E-state index contributed by atoms with van der Waals surface area (Å²) in [6, 6.07) is 0. The number of carbonyl (C=O) groups excluding carboxylic acids is 2. The summed E-state index contributed by atoms with van der Waals surface area (Å²) in [6.45, 7) is 2.08. The van der Waals surface area contributed by atoms with E-state index in [0.29, 0.717) is 10.9 Å². The first-order chi connectivity index (χ1) is 10.2. The molecule has 0 bridgehead atoms. The van der Waals surface area contributed by atoms with E-state index in [0.717, 1.165) is 21.9 Å². The molecule has 0 aromatic carbocycles. The van der Waals surface area contributed by atoms with Gasteiger partial charge in [-0.2, -0.15) is 4.31 Å². The maximum absolute atomic E-state index is 11.7. The van der Waals surface area contributed by atoms with Crippen LogP contribution in [0.3, 0.4) is 0 Å². The second-order valence-electron chi connectivity index (χ2n) is 4.18. The van der Waals surface area contributed by atoms with E-state index in [1.807, 2.05) is 6.92 Å². The first-order valence-corrected chi connectivity index (χ1v) is 9.81. The first-order valence-electron chi connectivity index (χ1n) is 6.16. The highest BCUT2D eigenvalue weighted by Crippen LogP contribution is 2.25. The second kappa shape index (κ2) is 8.41. The van der Waals surface area contributed by atoms with Crippen LogP contribution >= 0.6 is 23.1 Å². The molecule has 0 fully saturated rings. The molecule has 1 aromatic rings. The fourth-order valence-corrected chi connectivity index (χ4v) is 3.12. The molecule has 0 saturated heterocycles. The van der Waals surface area contributed by atoms with Crippen LogP contribution in [0.1, 0.15) is 6.92 Å². The fraction of sp³-hybridized carbons (Fsp3) is 0.600. The lowest BCUT2D eigenvalue weighted by molar-refractivity contribution is -0.118. The minimum atomic E-state index is -3.42. The Bertz CT molecular complexity index is 630. The number of aromatic nitrogens is 2. The van der Waals surface area contributed by atoms with E-state index in [1.165, 1.54) is 18.8 Å². The zero-order chi connectivity index (χ0) is 16.8. The van der Waals surface area contributed by atoms with Gasteiger partial charge in [0, 0.05) is 13.6 Å². The summed E-state index contributed by atoms with van der Waals surface area (Å²) in [7, 11) is -2.11. The molecule has 0 radical (unpaired) electrons. The average Bonchev–Trinajstić information content (AvgIpc) is 2.83. The van der Waals surface area contributed by atoms with Crippen molar-refractivity contribution in [2.75, 3.05) is 37.5 Å². The number of anilines is 1. The highest BCUT2D eigenvalue weighted by atomic mass is 32.2. The van der Waals surface area contributed by atoms with Crippen molar-refractivity contribution >= 4 is 50.1 Å². The average molecular weight is 367 g/mol. The van der Waals surface area contributed by atoms with Gasteiger partial charge in [0.25, 0.3) is 0 Å². The third-order valence-corrected chi connectivity index (χ3v) is 5.52. The van der Waals surface area contributed by atoms with Crippen molar-refractivity contribution < 1.29 is 18.0 Å². The van der Waals surface area contributed by atoms with E-state index in [1.54, 1.807) is 0 Å². The van der Waals surface area contributed by atoms with Crippen molar-refractivity contribution in [3.8, 4) is 0 Å². The maximum atomic E-state index is 11.7. The summed E-state index contributed by atoms with van der Waals surface area (Å²) in [5.74, 6) is -0.403. The van der Waals surface area contributed by atoms with Crippen molar-refractivity contribution in [2.45, 2.75) is 11.3 Å². The minimum absolute atomic E-state index is 0.108. The number of thioether (sulfide) groups is 1. The molecule has 1 aromatic heterocycles. The van der Waals surface area contributed by atoms with Gasteiger partial charge >= 0.3 is 0 Å². The van der Waals surface area contributed by atoms with Crippen LogP contribution in [-0.4, -0.2) is 66.9 Å². The molecule has 0 saturated carbocycles. The monoisotopic (exact) mass is 367 g/mol. The molecule has 0 aliphatic rings. The number of likely N-dealkylation sites (N-methyl/N-ethyl adjacent to an activating group) is 1. The highest BCUT2D eigenvalue weighted by molar-refractivity contribution is 8.01. The van der Waals surface area contributed by atoms with Crippen molar-refractivity contribution in [3.63, 3.8) is 0 Å². The summed E-state index contributed by atoms with van der Waals surface area (Å²) in [5.41, 5.74) is 0. The quantitative estimate of drug-likeness (QED) is 0.473. The Morgan fingerprint density at radius 3 is 2.59 bits per heavy atom. The third kappa shape index (κ3) is 6.68. The molecule has 2 amide bonds. The standard InChI is InChI=1S/C10H17N5O4S3/c1-4-11-8(17)6-20-10-14-13-9(21-10)12-7(16)5-15(2)22(3,18)19/h4-6H2,1-3H3,(H,11,17)(H,12,13,16). The molecule has 0 spiro atoms. The van der Waals surface area contributed by atoms with Crippen LogP contribution in [0.25, 0.3) is 0 Å². The zero-order valence-electron chi connectivity index (χ0n) is 12.3. The Labute approximate surface area is 136 Å². The van der Waals surface area contributed by atoms with Crippen molar-refractivity contribution in [1.29, 1.82) is 0 Å². The molecule has 0 aliphatic carbocycles. The van der Waals surface area contributed by atoms with E-state index in [2.05, 4.69) is 20.8 Å². The molecule has 0 atom stereocenters. The Balaban J connectivity index is 2.48. The van der Waals surface area contributed by atoms with Gasteiger partial charge in [-0.3, -0.25) is 14.9 Å². The normalized spacial score (nSPS) is 11.5. The lowest BCUT2D eigenvalue weighted by Crippen LogP contribution is -2.34. The summed E-state index contributed by atoms with van der Waals surface area (Å²) >= 11 is 2.33. The summed E-state index contributed by atoms with van der Waals surface area (Å²) in [4.78, 5) is 23.0. The highest BCUT2D eigenvalue weighted by Gasteiger charge is 2.16. The van der Waals surface area contributed by atoms with E-state index < -0.39 is 15.9 Å². The molecule has 2 N–H and O–H groups in total. The molecular formula is C10H17N5O4S3. The van der Waals surface area contributed by atoms with E-state index >= 15 is 0 Å². The van der Waals surface area contributed by atoms with E-state index in [9.17, 15) is 18.0 Å². The Kier molecular flexibility index (Phi) is 7.19. The van der Waals surface area contributed by atoms with Gasteiger partial charge in [0.1, 0.15) is 0 Å². The molecular weight excluding hydrogens is 350 g/mol. The smallest absolute Gasteiger partial charge is 0.241 e. The molecule has 0 unspecified atom stereocenters. The summed E-state index contributed by atoms with van der Waals surface area (Å²) in [5, 5.41) is 13.0. The van der Waals surface area contributed by atoms with Gasteiger partial charge < -0.3 is 5.32 Å². The predicted octanol–water partition coefficient (Wildman–Crippen LogP) is -0.404. The predicted molar refractivity (Wildman–Crippen MR) is 85.4 cm³/mol. The van der Waals surface area contributed by atoms with Gasteiger partial charge in [0.05, 0.1) is 18.6 Å². The lowest BCUT2D eigenvalue weighted by atomic mass is 10.6. The molecule has 12 heteroatoms. The largest absolute Gasteiger partial charge is 0.356 e. The van der Waals surface area contributed by atoms with E-state index in [4.69, 9.17) is 0 Å².